The van der Waals surface area contributed by atoms with Gasteiger partial charge in [0.05, 0.1) is 38.5 Å². The maximum absolute atomic E-state index is 12.2. The van der Waals surface area contributed by atoms with E-state index in [2.05, 4.69) is 5.32 Å². The number of fused-ring (bicyclic) bond motifs is 1. The molecular formula is C17H26N2O5. The van der Waals surface area contributed by atoms with Crippen LogP contribution in [0.2, 0.25) is 0 Å². The number of amides is 2. The lowest BCUT2D eigenvalue weighted by Gasteiger charge is -2.24. The highest BCUT2D eigenvalue weighted by atomic mass is 16.5. The molecule has 1 aliphatic rings. The number of urea groups is 1. The Morgan fingerprint density at radius 1 is 1.38 bits per heavy atom. The van der Waals surface area contributed by atoms with Crippen molar-refractivity contribution in [3.05, 3.63) is 23.8 Å². The minimum atomic E-state index is -0.709. The lowest BCUT2D eigenvalue weighted by Crippen LogP contribution is -2.43. The molecule has 1 heterocycles. The van der Waals surface area contributed by atoms with E-state index in [9.17, 15) is 9.90 Å². The molecule has 134 valence electrons. The molecule has 7 nitrogen and oxygen atoms in total. The monoisotopic (exact) mass is 338 g/mol. The van der Waals surface area contributed by atoms with E-state index in [4.69, 9.17) is 14.2 Å². The number of carbonyl (C=O) groups excluding carboxylic acids is 1. The molecular weight excluding hydrogens is 312 g/mol. The number of rotatable bonds is 6. The number of hydrogen-bond acceptors (Lipinski definition) is 5. The zero-order chi connectivity index (χ0) is 17.5. The second-order valence-corrected chi connectivity index (χ2v) is 5.92. The number of aliphatic hydroxyl groups excluding tert-OH is 1. The van der Waals surface area contributed by atoms with Crippen molar-refractivity contribution in [2.75, 3.05) is 40.5 Å². The molecule has 0 bridgehead atoms. The highest BCUT2D eigenvalue weighted by molar-refractivity contribution is 5.74. The van der Waals surface area contributed by atoms with Gasteiger partial charge in [0.2, 0.25) is 0 Å². The normalized spacial score (nSPS) is 16.0. The smallest absolute Gasteiger partial charge is 0.317 e. The molecule has 2 amide bonds. The fraction of sp³-hybridized carbons (Fsp3) is 0.588. The molecule has 2 atom stereocenters. The van der Waals surface area contributed by atoms with Gasteiger partial charge < -0.3 is 29.5 Å². The molecule has 2 N–H and O–H groups in total. The first-order valence-electron chi connectivity index (χ1n) is 8.09. The van der Waals surface area contributed by atoms with Crippen molar-refractivity contribution in [2.24, 2.45) is 0 Å². The first-order valence-corrected chi connectivity index (χ1v) is 8.09. The first-order chi connectivity index (χ1) is 11.5. The van der Waals surface area contributed by atoms with Crippen molar-refractivity contribution < 1.29 is 24.1 Å². The Balaban J connectivity index is 1.95. The van der Waals surface area contributed by atoms with Crippen LogP contribution in [0.15, 0.2) is 18.2 Å². The molecule has 0 fully saturated rings. The number of benzene rings is 1. The van der Waals surface area contributed by atoms with E-state index in [0.29, 0.717) is 19.0 Å². The van der Waals surface area contributed by atoms with Gasteiger partial charge in [0.1, 0.15) is 0 Å². The highest BCUT2D eigenvalue weighted by Gasteiger charge is 2.18. The van der Waals surface area contributed by atoms with Gasteiger partial charge in [-0.1, -0.05) is 6.07 Å². The Morgan fingerprint density at radius 3 is 2.79 bits per heavy atom. The Morgan fingerprint density at radius 2 is 2.08 bits per heavy atom. The van der Waals surface area contributed by atoms with Crippen LogP contribution in [0.25, 0.3) is 0 Å². The summed E-state index contributed by atoms with van der Waals surface area (Å²) in [5.41, 5.74) is 0.929. The Bertz CT molecular complexity index is 552. The molecule has 1 aromatic carbocycles. The van der Waals surface area contributed by atoms with Gasteiger partial charge in [-0.2, -0.15) is 0 Å². The van der Waals surface area contributed by atoms with Gasteiger partial charge in [-0.3, -0.25) is 0 Å². The number of nitrogens with zero attached hydrogens (tertiary/aromatic N) is 1. The average molecular weight is 338 g/mol. The van der Waals surface area contributed by atoms with Crippen LogP contribution in [0.5, 0.6) is 11.5 Å². The van der Waals surface area contributed by atoms with E-state index in [0.717, 1.165) is 17.7 Å². The summed E-state index contributed by atoms with van der Waals surface area (Å²) in [6.07, 6.45) is 0.143. The molecule has 0 aliphatic carbocycles. The van der Waals surface area contributed by atoms with Gasteiger partial charge in [0.15, 0.2) is 11.5 Å². The number of nitrogens with one attached hydrogen (secondary N) is 1. The minimum Gasteiger partial charge on any atom is -0.490 e. The highest BCUT2D eigenvalue weighted by Crippen LogP contribution is 2.32. The van der Waals surface area contributed by atoms with E-state index < -0.39 is 6.10 Å². The van der Waals surface area contributed by atoms with Crippen LogP contribution in [-0.2, 0) is 4.74 Å². The molecule has 0 radical (unpaired) electrons. The third-order valence-electron chi connectivity index (χ3n) is 3.80. The van der Waals surface area contributed by atoms with Crippen molar-refractivity contribution >= 4 is 6.03 Å². The SMILES string of the molecule is COC[C@@H](O)CN(C)C(=O)N[C@@H](C)c1ccc2c(c1)OCCCO2. The third kappa shape index (κ3) is 5.01. The van der Waals surface area contributed by atoms with E-state index in [1.165, 1.54) is 12.0 Å². The molecule has 1 aliphatic heterocycles. The van der Waals surface area contributed by atoms with Crippen LogP contribution in [0.1, 0.15) is 24.9 Å². The van der Waals surface area contributed by atoms with Crippen LogP contribution in [0.4, 0.5) is 4.79 Å². The van der Waals surface area contributed by atoms with Crippen molar-refractivity contribution in [1.82, 2.24) is 10.2 Å². The molecule has 0 aromatic heterocycles. The summed E-state index contributed by atoms with van der Waals surface area (Å²) in [7, 11) is 3.14. The largest absolute Gasteiger partial charge is 0.490 e. The predicted octanol–water partition coefficient (Wildman–Crippen LogP) is 1.56. The molecule has 2 rings (SSSR count). The van der Waals surface area contributed by atoms with Crippen LogP contribution >= 0.6 is 0 Å². The average Bonchev–Trinajstić information content (AvgIpc) is 2.79. The maximum atomic E-state index is 12.2. The van der Waals surface area contributed by atoms with Crippen molar-refractivity contribution in [3.63, 3.8) is 0 Å². The molecule has 0 spiro atoms. The van der Waals surface area contributed by atoms with Gasteiger partial charge >= 0.3 is 6.03 Å². The van der Waals surface area contributed by atoms with Gasteiger partial charge in [-0.15, -0.1) is 0 Å². The quantitative estimate of drug-likeness (QED) is 0.823. The number of ether oxygens (including phenoxy) is 3. The van der Waals surface area contributed by atoms with E-state index in [-0.39, 0.29) is 25.2 Å². The lowest BCUT2D eigenvalue weighted by atomic mass is 10.1. The summed E-state index contributed by atoms with van der Waals surface area (Å²) in [5.74, 6) is 1.43. The van der Waals surface area contributed by atoms with Crippen LogP contribution < -0.4 is 14.8 Å². The number of likely N-dealkylation sites (N-methyl/N-ethyl adjacent to an activating group) is 1. The first kappa shape index (κ1) is 18.4. The fourth-order valence-corrected chi connectivity index (χ4v) is 2.47. The van der Waals surface area contributed by atoms with E-state index in [1.54, 1.807) is 7.05 Å². The molecule has 0 saturated heterocycles. The Hall–Kier alpha value is -1.99. The molecule has 0 saturated carbocycles. The summed E-state index contributed by atoms with van der Waals surface area (Å²) in [6.45, 7) is 3.56. The maximum Gasteiger partial charge on any atom is 0.317 e. The van der Waals surface area contributed by atoms with Gasteiger partial charge in [0, 0.05) is 20.6 Å². The lowest BCUT2D eigenvalue weighted by molar-refractivity contribution is 0.0488. The topological polar surface area (TPSA) is 80.3 Å². The van der Waals surface area contributed by atoms with Gasteiger partial charge in [-0.05, 0) is 24.6 Å². The second-order valence-electron chi connectivity index (χ2n) is 5.92. The van der Waals surface area contributed by atoms with E-state index in [1.807, 2.05) is 25.1 Å². The third-order valence-corrected chi connectivity index (χ3v) is 3.80. The molecule has 1 aromatic rings. The van der Waals surface area contributed by atoms with Crippen molar-refractivity contribution in [2.45, 2.75) is 25.5 Å². The van der Waals surface area contributed by atoms with Crippen LogP contribution in [0.3, 0.4) is 0 Å². The molecule has 7 heteroatoms. The number of carbonyl (C=O) groups is 1. The standard InChI is InChI=1S/C17H26N2O5/c1-12(18-17(21)19(2)10-14(20)11-22-3)13-5-6-15-16(9-13)24-8-4-7-23-15/h5-6,9,12,14,20H,4,7-8,10-11H2,1-3H3,(H,18,21)/t12-,14-/m0/s1. The van der Waals surface area contributed by atoms with Crippen LogP contribution in [-0.4, -0.2) is 62.7 Å². The molecule has 0 unspecified atom stereocenters. The van der Waals surface area contributed by atoms with Crippen molar-refractivity contribution in [3.8, 4) is 11.5 Å². The number of hydrogen-bond donors (Lipinski definition) is 2. The van der Waals surface area contributed by atoms with Gasteiger partial charge in [-0.25, -0.2) is 4.79 Å². The zero-order valence-electron chi connectivity index (χ0n) is 14.4. The van der Waals surface area contributed by atoms with Gasteiger partial charge in [0.25, 0.3) is 0 Å². The summed E-state index contributed by atoms with van der Waals surface area (Å²) < 4.78 is 16.1. The summed E-state index contributed by atoms with van der Waals surface area (Å²) in [5, 5.41) is 12.6. The Labute approximate surface area is 142 Å². The molecule has 24 heavy (non-hydrogen) atoms. The van der Waals surface area contributed by atoms with Crippen LogP contribution in [0, 0.1) is 0 Å². The summed E-state index contributed by atoms with van der Waals surface area (Å²) >= 11 is 0. The van der Waals surface area contributed by atoms with E-state index >= 15 is 0 Å². The fourth-order valence-electron chi connectivity index (χ4n) is 2.47. The predicted molar refractivity (Wildman–Crippen MR) is 89.5 cm³/mol. The second kappa shape index (κ2) is 8.75. The Kier molecular flexibility index (Phi) is 6.69. The zero-order valence-corrected chi connectivity index (χ0v) is 14.4. The van der Waals surface area contributed by atoms with Crippen molar-refractivity contribution in [1.29, 1.82) is 0 Å². The minimum absolute atomic E-state index is 0.190. The number of aliphatic hydroxyl groups is 1. The summed E-state index contributed by atoms with van der Waals surface area (Å²) in [6, 6.07) is 5.22. The summed E-state index contributed by atoms with van der Waals surface area (Å²) in [4.78, 5) is 13.7. The number of methoxy groups -OCH3 is 1.